The topological polar surface area (TPSA) is 78.4 Å². The Morgan fingerprint density at radius 2 is 1.59 bits per heavy atom. The number of nitrogens with one attached hydrogen (secondary N) is 1. The van der Waals surface area contributed by atoms with Gasteiger partial charge in [-0.3, -0.25) is 9.59 Å². The molecule has 0 aromatic carbocycles. The van der Waals surface area contributed by atoms with Crippen LogP contribution in [0.5, 0.6) is 0 Å². The molecule has 1 N–H and O–H groups in total. The fraction of sp³-hybridized carbons (Fsp3) is 0.700. The molecule has 3 rings (SSSR count). The smallest absolute Gasteiger partial charge is 0.237 e. The van der Waals surface area contributed by atoms with E-state index in [1.54, 1.807) is 37.2 Å². The molecule has 2 aliphatic rings. The standard InChI is InChI=1S/C20H31N5O2/c1-20(2,17(26)23-16-8-5-3-4-6-9-16)18(27)24-12-14-25(15-13-24)19-21-10-7-11-22-19/h7,10-11,16H,3-6,8-9,12-15H2,1-2H3,(H,23,26). The largest absolute Gasteiger partial charge is 0.352 e. The highest BCUT2D eigenvalue weighted by Crippen LogP contribution is 2.24. The summed E-state index contributed by atoms with van der Waals surface area (Å²) >= 11 is 0. The highest BCUT2D eigenvalue weighted by Gasteiger charge is 2.40. The van der Waals surface area contributed by atoms with Crippen molar-refractivity contribution in [3.05, 3.63) is 18.5 Å². The summed E-state index contributed by atoms with van der Waals surface area (Å²) in [5, 5.41) is 3.14. The number of nitrogens with zero attached hydrogens (tertiary/aromatic N) is 4. The third-order valence-corrected chi connectivity index (χ3v) is 5.69. The first-order valence-electron chi connectivity index (χ1n) is 10.1. The van der Waals surface area contributed by atoms with E-state index in [0.29, 0.717) is 32.1 Å². The van der Waals surface area contributed by atoms with E-state index in [4.69, 9.17) is 0 Å². The normalized spacial score (nSPS) is 19.5. The van der Waals surface area contributed by atoms with Crippen LogP contribution in [0.1, 0.15) is 52.4 Å². The number of aromatic nitrogens is 2. The highest BCUT2D eigenvalue weighted by atomic mass is 16.2. The first kappa shape index (κ1) is 19.6. The Labute approximate surface area is 161 Å². The number of rotatable bonds is 4. The van der Waals surface area contributed by atoms with Gasteiger partial charge in [0.25, 0.3) is 0 Å². The quantitative estimate of drug-likeness (QED) is 0.645. The number of amides is 2. The molecule has 0 unspecified atom stereocenters. The third-order valence-electron chi connectivity index (χ3n) is 5.69. The molecular weight excluding hydrogens is 342 g/mol. The minimum Gasteiger partial charge on any atom is -0.352 e. The van der Waals surface area contributed by atoms with E-state index in [0.717, 1.165) is 25.7 Å². The molecular formula is C20H31N5O2. The van der Waals surface area contributed by atoms with E-state index in [1.165, 1.54) is 12.8 Å². The molecule has 0 bridgehead atoms. The Kier molecular flexibility index (Phi) is 6.29. The number of piperazine rings is 1. The Morgan fingerprint density at radius 3 is 2.19 bits per heavy atom. The summed E-state index contributed by atoms with van der Waals surface area (Å²) in [5.74, 6) is 0.449. The molecule has 2 heterocycles. The van der Waals surface area contributed by atoms with Gasteiger partial charge in [-0.25, -0.2) is 9.97 Å². The van der Waals surface area contributed by atoms with Crippen LogP contribution < -0.4 is 10.2 Å². The van der Waals surface area contributed by atoms with Gasteiger partial charge < -0.3 is 15.1 Å². The van der Waals surface area contributed by atoms with E-state index in [9.17, 15) is 9.59 Å². The molecule has 0 atom stereocenters. The predicted molar refractivity (Wildman–Crippen MR) is 104 cm³/mol. The van der Waals surface area contributed by atoms with Crippen molar-refractivity contribution >= 4 is 17.8 Å². The number of anilines is 1. The van der Waals surface area contributed by atoms with Gasteiger partial charge in [0.15, 0.2) is 0 Å². The summed E-state index contributed by atoms with van der Waals surface area (Å²) in [5.41, 5.74) is -1.04. The lowest BCUT2D eigenvalue weighted by Crippen LogP contribution is -2.56. The zero-order valence-corrected chi connectivity index (χ0v) is 16.5. The minimum absolute atomic E-state index is 0.0951. The van der Waals surface area contributed by atoms with E-state index in [2.05, 4.69) is 20.2 Å². The number of carbonyl (C=O) groups excluding carboxylic acids is 2. The van der Waals surface area contributed by atoms with Gasteiger partial charge in [-0.1, -0.05) is 25.7 Å². The van der Waals surface area contributed by atoms with E-state index in [1.807, 2.05) is 0 Å². The van der Waals surface area contributed by atoms with Gasteiger partial charge in [0.1, 0.15) is 5.41 Å². The second kappa shape index (κ2) is 8.67. The Morgan fingerprint density at radius 1 is 1.00 bits per heavy atom. The molecule has 1 aromatic rings. The summed E-state index contributed by atoms with van der Waals surface area (Å²) in [4.78, 5) is 38.3. The minimum atomic E-state index is -1.04. The van der Waals surface area contributed by atoms with Gasteiger partial charge in [0.2, 0.25) is 17.8 Å². The highest BCUT2D eigenvalue weighted by molar-refractivity contribution is 6.04. The SMILES string of the molecule is CC(C)(C(=O)NC1CCCCCC1)C(=O)N1CCN(c2ncccn2)CC1. The van der Waals surface area contributed by atoms with Crippen molar-refractivity contribution in [1.29, 1.82) is 0 Å². The zero-order valence-electron chi connectivity index (χ0n) is 16.5. The van der Waals surface area contributed by atoms with Crippen LogP contribution in [-0.4, -0.2) is 58.9 Å². The van der Waals surface area contributed by atoms with Crippen molar-refractivity contribution in [2.75, 3.05) is 31.1 Å². The maximum atomic E-state index is 13.0. The Balaban J connectivity index is 1.55. The lowest BCUT2D eigenvalue weighted by atomic mass is 9.89. The number of carbonyl (C=O) groups is 2. The van der Waals surface area contributed by atoms with Gasteiger partial charge in [-0.2, -0.15) is 0 Å². The van der Waals surface area contributed by atoms with Gasteiger partial charge in [-0.15, -0.1) is 0 Å². The van der Waals surface area contributed by atoms with Crippen LogP contribution in [0, 0.1) is 5.41 Å². The summed E-state index contributed by atoms with van der Waals surface area (Å²) in [6.07, 6.45) is 10.3. The molecule has 2 fully saturated rings. The van der Waals surface area contributed by atoms with E-state index < -0.39 is 5.41 Å². The van der Waals surface area contributed by atoms with Crippen LogP contribution >= 0.6 is 0 Å². The van der Waals surface area contributed by atoms with Crippen LogP contribution in [0.4, 0.5) is 5.95 Å². The summed E-state index contributed by atoms with van der Waals surface area (Å²) in [6.45, 7) is 6.00. The maximum Gasteiger partial charge on any atom is 0.237 e. The lowest BCUT2D eigenvalue weighted by Gasteiger charge is -2.38. The molecule has 1 saturated heterocycles. The maximum absolute atomic E-state index is 13.0. The second-order valence-corrected chi connectivity index (χ2v) is 8.11. The Hall–Kier alpha value is -2.18. The molecule has 7 nitrogen and oxygen atoms in total. The third kappa shape index (κ3) is 4.76. The van der Waals surface area contributed by atoms with Crippen LogP contribution in [0.3, 0.4) is 0 Å². The second-order valence-electron chi connectivity index (χ2n) is 8.11. The first-order chi connectivity index (χ1) is 13.0. The van der Waals surface area contributed by atoms with Crippen molar-refractivity contribution in [1.82, 2.24) is 20.2 Å². The number of hydrogen-bond acceptors (Lipinski definition) is 5. The first-order valence-corrected chi connectivity index (χ1v) is 10.1. The summed E-state index contributed by atoms with van der Waals surface area (Å²) in [7, 11) is 0. The van der Waals surface area contributed by atoms with E-state index in [-0.39, 0.29) is 17.9 Å². The van der Waals surface area contributed by atoms with Crippen molar-refractivity contribution in [3.63, 3.8) is 0 Å². The monoisotopic (exact) mass is 373 g/mol. The van der Waals surface area contributed by atoms with Gasteiger partial charge in [0, 0.05) is 44.6 Å². The van der Waals surface area contributed by atoms with Crippen molar-refractivity contribution in [3.8, 4) is 0 Å². The lowest BCUT2D eigenvalue weighted by molar-refractivity contribution is -0.149. The molecule has 1 aliphatic carbocycles. The fourth-order valence-electron chi connectivity index (χ4n) is 3.85. The van der Waals surface area contributed by atoms with Crippen LogP contribution in [0.25, 0.3) is 0 Å². The van der Waals surface area contributed by atoms with Crippen molar-refractivity contribution in [2.24, 2.45) is 5.41 Å². The fourth-order valence-corrected chi connectivity index (χ4v) is 3.85. The molecule has 1 aromatic heterocycles. The van der Waals surface area contributed by atoms with E-state index >= 15 is 0 Å². The van der Waals surface area contributed by atoms with Gasteiger partial charge in [0.05, 0.1) is 0 Å². The molecule has 0 radical (unpaired) electrons. The average molecular weight is 374 g/mol. The summed E-state index contributed by atoms with van der Waals surface area (Å²) < 4.78 is 0. The van der Waals surface area contributed by atoms with Gasteiger partial charge >= 0.3 is 0 Å². The molecule has 2 amide bonds. The van der Waals surface area contributed by atoms with Crippen LogP contribution in [0.15, 0.2) is 18.5 Å². The molecule has 27 heavy (non-hydrogen) atoms. The summed E-state index contributed by atoms with van der Waals surface area (Å²) in [6, 6.07) is 2.00. The predicted octanol–water partition coefficient (Wildman–Crippen LogP) is 1.99. The Bertz CT molecular complexity index is 633. The van der Waals surface area contributed by atoms with Crippen molar-refractivity contribution in [2.45, 2.75) is 58.4 Å². The van der Waals surface area contributed by atoms with Crippen LogP contribution in [0.2, 0.25) is 0 Å². The van der Waals surface area contributed by atoms with Crippen molar-refractivity contribution < 1.29 is 9.59 Å². The van der Waals surface area contributed by atoms with Gasteiger partial charge in [-0.05, 0) is 32.8 Å². The zero-order chi connectivity index (χ0) is 19.3. The molecule has 0 spiro atoms. The molecule has 1 aliphatic heterocycles. The average Bonchev–Trinajstić information content (AvgIpc) is 2.97. The van der Waals surface area contributed by atoms with Crippen LogP contribution in [-0.2, 0) is 9.59 Å². The molecule has 7 heteroatoms. The number of hydrogen-bond donors (Lipinski definition) is 1. The molecule has 1 saturated carbocycles. The molecule has 148 valence electrons.